The van der Waals surface area contributed by atoms with E-state index < -0.39 is 0 Å². The molecule has 0 aromatic carbocycles. The molecule has 3 atom stereocenters. The van der Waals surface area contributed by atoms with Gasteiger partial charge in [0.25, 0.3) is 0 Å². The molecule has 0 aliphatic carbocycles. The van der Waals surface area contributed by atoms with E-state index in [1.54, 1.807) is 0 Å². The summed E-state index contributed by atoms with van der Waals surface area (Å²) in [6.07, 6.45) is 4.91. The van der Waals surface area contributed by atoms with Gasteiger partial charge in [0.15, 0.2) is 0 Å². The molecule has 1 unspecified atom stereocenters. The number of amides is 1. The molecule has 0 aromatic rings. The topological polar surface area (TPSA) is 49.9 Å². The van der Waals surface area contributed by atoms with Crippen LogP contribution in [0.15, 0.2) is 0 Å². The Morgan fingerprint density at radius 1 is 1.45 bits per heavy atom. The van der Waals surface area contributed by atoms with Gasteiger partial charge in [-0.3, -0.25) is 14.6 Å². The molecule has 5 nitrogen and oxygen atoms in total. The van der Waals surface area contributed by atoms with Crippen molar-refractivity contribution in [3.8, 4) is 0 Å². The number of hydrazine groups is 1. The highest BCUT2D eigenvalue weighted by Gasteiger charge is 2.48. The third-order valence-electron chi connectivity index (χ3n) is 4.46. The van der Waals surface area contributed by atoms with Crippen molar-refractivity contribution in [3.63, 3.8) is 0 Å². The smallest absolute Gasteiger partial charge is 0.310 e. The summed E-state index contributed by atoms with van der Waals surface area (Å²) in [6.45, 7) is 7.08. The molecule has 0 aromatic heterocycles. The third kappa shape index (κ3) is 2.82. The predicted octanol–water partition coefficient (Wildman–Crippen LogP) is 1.97. The maximum absolute atomic E-state index is 12.1. The molecule has 2 aliphatic rings. The summed E-state index contributed by atoms with van der Waals surface area (Å²) in [5.74, 6) is -0.274. The van der Waals surface area contributed by atoms with Gasteiger partial charge in [-0.15, -0.1) is 0 Å². The van der Waals surface area contributed by atoms with Crippen LogP contribution in [-0.4, -0.2) is 47.1 Å². The largest absolute Gasteiger partial charge is 0.466 e. The first-order valence-corrected chi connectivity index (χ1v) is 7.85. The maximum Gasteiger partial charge on any atom is 0.310 e. The van der Waals surface area contributed by atoms with Gasteiger partial charge in [0.2, 0.25) is 5.91 Å². The molecule has 0 N–H and O–H groups in total. The Balaban J connectivity index is 2.08. The summed E-state index contributed by atoms with van der Waals surface area (Å²) in [4.78, 5) is 24.1. The highest BCUT2D eigenvalue weighted by molar-refractivity contribution is 5.80. The normalized spacial score (nSPS) is 27.8. The second-order valence-corrected chi connectivity index (χ2v) is 5.79. The van der Waals surface area contributed by atoms with E-state index in [1.807, 2.05) is 18.9 Å². The van der Waals surface area contributed by atoms with E-state index in [2.05, 4.69) is 11.9 Å². The molecule has 1 amide bonds. The fourth-order valence-corrected chi connectivity index (χ4v) is 3.36. The van der Waals surface area contributed by atoms with Crippen molar-refractivity contribution in [2.45, 2.75) is 65.0 Å². The number of rotatable bonds is 6. The zero-order valence-electron chi connectivity index (χ0n) is 12.8. The summed E-state index contributed by atoms with van der Waals surface area (Å²) < 4.78 is 5.12. The average Bonchev–Trinajstić information content (AvgIpc) is 2.97. The van der Waals surface area contributed by atoms with Gasteiger partial charge in [-0.25, -0.2) is 5.01 Å². The van der Waals surface area contributed by atoms with Crippen molar-refractivity contribution >= 4 is 11.9 Å². The van der Waals surface area contributed by atoms with E-state index >= 15 is 0 Å². The fourth-order valence-electron chi connectivity index (χ4n) is 3.36. The Kier molecular flexibility index (Phi) is 5.02. The second-order valence-electron chi connectivity index (χ2n) is 5.79. The highest BCUT2D eigenvalue weighted by atomic mass is 16.5. The summed E-state index contributed by atoms with van der Waals surface area (Å²) in [7, 11) is 0. The van der Waals surface area contributed by atoms with E-state index in [0.717, 1.165) is 25.8 Å². The van der Waals surface area contributed by atoms with Gasteiger partial charge in [-0.2, -0.15) is 0 Å². The lowest BCUT2D eigenvalue weighted by Gasteiger charge is -2.29. The van der Waals surface area contributed by atoms with Crippen LogP contribution in [0.4, 0.5) is 0 Å². The first-order valence-electron chi connectivity index (χ1n) is 7.85. The standard InChI is InChI=1S/C15H26N2O3/c1-4-6-7-12-10-13(11(3)15(19)20-5-2)17-14(18)8-9-16(12)17/h11-13H,4-10H2,1-3H3/t11?,12-,13-/m1/s1. The Morgan fingerprint density at radius 2 is 2.20 bits per heavy atom. The number of carbonyl (C=O) groups is 2. The number of ether oxygens (including phenoxy) is 1. The summed E-state index contributed by atoms with van der Waals surface area (Å²) in [6, 6.07) is 0.384. The van der Waals surface area contributed by atoms with Crippen LogP contribution in [0.3, 0.4) is 0 Å². The average molecular weight is 282 g/mol. The number of nitrogens with zero attached hydrogens (tertiary/aromatic N) is 2. The molecule has 5 heteroatoms. The SMILES string of the molecule is CCCC[C@@H]1C[C@H](C(C)C(=O)OCC)N2C(=O)CCN12. The Bertz CT molecular complexity index is 372. The van der Waals surface area contributed by atoms with Gasteiger partial charge in [0.1, 0.15) is 0 Å². The zero-order chi connectivity index (χ0) is 14.7. The molecule has 2 aliphatic heterocycles. The molecule has 2 rings (SSSR count). The van der Waals surface area contributed by atoms with Gasteiger partial charge >= 0.3 is 5.97 Å². The van der Waals surface area contributed by atoms with Crippen molar-refractivity contribution in [1.29, 1.82) is 0 Å². The van der Waals surface area contributed by atoms with E-state index in [-0.39, 0.29) is 23.8 Å². The quantitative estimate of drug-likeness (QED) is 0.699. The first-order chi connectivity index (χ1) is 9.60. The lowest BCUT2D eigenvalue weighted by atomic mass is 9.94. The Morgan fingerprint density at radius 3 is 2.85 bits per heavy atom. The van der Waals surface area contributed by atoms with Gasteiger partial charge in [0, 0.05) is 19.0 Å². The van der Waals surface area contributed by atoms with Crippen LogP contribution in [0.1, 0.15) is 52.9 Å². The molecule has 0 radical (unpaired) electrons. The van der Waals surface area contributed by atoms with Crippen molar-refractivity contribution < 1.29 is 14.3 Å². The van der Waals surface area contributed by atoms with Crippen LogP contribution in [0.25, 0.3) is 0 Å². The molecule has 0 bridgehead atoms. The van der Waals surface area contributed by atoms with Crippen LogP contribution in [0.2, 0.25) is 0 Å². The number of unbranched alkanes of at least 4 members (excludes halogenated alkanes) is 1. The van der Waals surface area contributed by atoms with E-state index in [4.69, 9.17) is 4.74 Å². The number of esters is 1. The fraction of sp³-hybridized carbons (Fsp3) is 0.867. The van der Waals surface area contributed by atoms with E-state index in [1.165, 1.54) is 6.42 Å². The molecule has 2 fully saturated rings. The molecule has 20 heavy (non-hydrogen) atoms. The second kappa shape index (κ2) is 6.57. The van der Waals surface area contributed by atoms with E-state index in [9.17, 15) is 9.59 Å². The summed E-state index contributed by atoms with van der Waals surface area (Å²) in [5, 5.41) is 4.04. The van der Waals surface area contributed by atoms with Crippen molar-refractivity contribution in [2.24, 2.45) is 5.92 Å². The molecular formula is C15H26N2O3. The van der Waals surface area contributed by atoms with Crippen LogP contribution >= 0.6 is 0 Å². The number of fused-ring (bicyclic) bond motifs is 1. The Labute approximate surface area is 121 Å². The summed E-state index contributed by atoms with van der Waals surface area (Å²) >= 11 is 0. The van der Waals surface area contributed by atoms with E-state index in [0.29, 0.717) is 19.1 Å². The molecule has 114 valence electrons. The molecular weight excluding hydrogens is 256 g/mol. The zero-order valence-corrected chi connectivity index (χ0v) is 12.8. The monoisotopic (exact) mass is 282 g/mol. The van der Waals surface area contributed by atoms with Crippen molar-refractivity contribution in [2.75, 3.05) is 13.2 Å². The first kappa shape index (κ1) is 15.3. The third-order valence-corrected chi connectivity index (χ3v) is 4.46. The Hall–Kier alpha value is -1.10. The van der Waals surface area contributed by atoms with Gasteiger partial charge in [-0.1, -0.05) is 19.8 Å². The lowest BCUT2D eigenvalue weighted by Crippen LogP contribution is -2.44. The number of carbonyl (C=O) groups excluding carboxylic acids is 2. The van der Waals surface area contributed by atoms with Crippen LogP contribution in [0.5, 0.6) is 0 Å². The summed E-state index contributed by atoms with van der Waals surface area (Å²) in [5.41, 5.74) is 0. The minimum absolute atomic E-state index is 0.0223. The highest BCUT2D eigenvalue weighted by Crippen LogP contribution is 2.36. The van der Waals surface area contributed by atoms with Crippen LogP contribution in [-0.2, 0) is 14.3 Å². The molecule has 0 spiro atoms. The van der Waals surface area contributed by atoms with Gasteiger partial charge in [-0.05, 0) is 26.7 Å². The molecule has 0 saturated carbocycles. The minimum Gasteiger partial charge on any atom is -0.466 e. The maximum atomic E-state index is 12.1. The van der Waals surface area contributed by atoms with Crippen LogP contribution in [0, 0.1) is 5.92 Å². The minimum atomic E-state index is -0.244. The van der Waals surface area contributed by atoms with Crippen molar-refractivity contribution in [3.05, 3.63) is 0 Å². The molecule has 2 saturated heterocycles. The predicted molar refractivity (Wildman–Crippen MR) is 75.7 cm³/mol. The molecule has 2 heterocycles. The number of hydrogen-bond acceptors (Lipinski definition) is 4. The van der Waals surface area contributed by atoms with Crippen molar-refractivity contribution in [1.82, 2.24) is 10.0 Å². The van der Waals surface area contributed by atoms with Gasteiger partial charge < -0.3 is 4.74 Å². The van der Waals surface area contributed by atoms with Crippen LogP contribution < -0.4 is 0 Å². The number of hydrogen-bond donors (Lipinski definition) is 0. The lowest BCUT2D eigenvalue weighted by molar-refractivity contribution is -0.153. The van der Waals surface area contributed by atoms with Gasteiger partial charge in [0.05, 0.1) is 18.6 Å².